The first kappa shape index (κ1) is 13.4. The summed E-state index contributed by atoms with van der Waals surface area (Å²) in [6.07, 6.45) is 5.77. The van der Waals surface area contributed by atoms with Gasteiger partial charge < -0.3 is 5.32 Å². The zero-order valence-electron chi connectivity index (χ0n) is 9.49. The van der Waals surface area contributed by atoms with Gasteiger partial charge in [-0.1, -0.05) is 0 Å². The number of thioether (sulfide) groups is 1. The monoisotopic (exact) mass is 249 g/mol. The molecule has 0 aliphatic rings. The van der Waals surface area contributed by atoms with E-state index < -0.39 is 6.55 Å². The highest BCUT2D eigenvalue weighted by molar-refractivity contribution is 7.98. The lowest BCUT2D eigenvalue weighted by Crippen LogP contribution is -2.27. The van der Waals surface area contributed by atoms with Crippen LogP contribution < -0.4 is 5.32 Å². The summed E-state index contributed by atoms with van der Waals surface area (Å²) in [6.45, 7) is -0.0838. The second kappa shape index (κ2) is 6.85. The molecule has 6 heteroatoms. The highest BCUT2D eigenvalue weighted by Crippen LogP contribution is 2.12. The lowest BCUT2D eigenvalue weighted by atomic mass is 10.2. The van der Waals surface area contributed by atoms with Gasteiger partial charge in [-0.3, -0.25) is 4.57 Å². The number of hydrogen-bond acceptors (Lipinski definition) is 3. The van der Waals surface area contributed by atoms with Crippen LogP contribution in [0.25, 0.3) is 0 Å². The van der Waals surface area contributed by atoms with Crippen molar-refractivity contribution in [1.29, 1.82) is 0 Å². The number of rotatable bonds is 7. The van der Waals surface area contributed by atoms with Crippen molar-refractivity contribution in [3.8, 4) is 0 Å². The van der Waals surface area contributed by atoms with Crippen molar-refractivity contribution in [2.24, 2.45) is 0 Å². The van der Waals surface area contributed by atoms with Crippen LogP contribution in [0.3, 0.4) is 0 Å². The Morgan fingerprint density at radius 1 is 1.56 bits per heavy atom. The van der Waals surface area contributed by atoms with Crippen LogP contribution in [0.4, 0.5) is 8.78 Å². The van der Waals surface area contributed by atoms with E-state index in [9.17, 15) is 8.78 Å². The van der Waals surface area contributed by atoms with Crippen LogP contribution in [0.1, 0.15) is 25.7 Å². The molecule has 0 spiro atoms. The van der Waals surface area contributed by atoms with Gasteiger partial charge in [-0.2, -0.15) is 20.5 Å². The van der Waals surface area contributed by atoms with E-state index in [4.69, 9.17) is 0 Å². The van der Waals surface area contributed by atoms with Crippen LogP contribution in [0.2, 0.25) is 0 Å². The predicted molar refractivity (Wildman–Crippen MR) is 62.8 cm³/mol. The molecule has 0 radical (unpaired) electrons. The molecule has 3 nitrogen and oxygen atoms in total. The fraction of sp³-hybridized carbons (Fsp3) is 0.700. The molecular weight excluding hydrogens is 232 g/mol. The largest absolute Gasteiger partial charge is 0.319 e. The predicted octanol–water partition coefficient (Wildman–Crippen LogP) is 2.51. The van der Waals surface area contributed by atoms with Gasteiger partial charge in [0.1, 0.15) is 5.82 Å². The zero-order valence-corrected chi connectivity index (χ0v) is 10.3. The minimum Gasteiger partial charge on any atom is -0.307 e. The van der Waals surface area contributed by atoms with Gasteiger partial charge in [0.25, 0.3) is 0 Å². The topological polar surface area (TPSA) is 29.9 Å². The molecule has 0 aromatic carbocycles. The van der Waals surface area contributed by atoms with Crippen molar-refractivity contribution in [3.05, 3.63) is 18.2 Å². The Bertz CT molecular complexity index is 304. The zero-order chi connectivity index (χ0) is 12.0. The molecule has 0 amide bonds. The average Bonchev–Trinajstić information content (AvgIpc) is 2.71. The van der Waals surface area contributed by atoms with Crippen LogP contribution in [0.15, 0.2) is 12.4 Å². The highest BCUT2D eigenvalue weighted by atomic mass is 32.2. The Morgan fingerprint density at radius 3 is 2.94 bits per heavy atom. The number of imidazole rings is 1. The molecule has 1 unspecified atom stereocenters. The van der Waals surface area contributed by atoms with Crippen molar-refractivity contribution in [2.45, 2.75) is 32.5 Å². The van der Waals surface area contributed by atoms with E-state index >= 15 is 0 Å². The van der Waals surface area contributed by atoms with Crippen molar-refractivity contribution in [2.75, 3.05) is 12.0 Å². The number of nitrogens with zero attached hydrogens (tertiary/aromatic N) is 2. The standard InChI is InChI=1S/C10H17F2N3S/c1-8(3-6-16-2)14-7-9-13-4-5-15(9)10(11)12/h4-5,8,10,14H,3,6-7H2,1-2H3. The summed E-state index contributed by atoms with van der Waals surface area (Å²) in [6, 6.07) is 0.315. The Balaban J connectivity index is 2.39. The summed E-state index contributed by atoms with van der Waals surface area (Å²) in [5.41, 5.74) is 0. The summed E-state index contributed by atoms with van der Waals surface area (Å²) < 4.78 is 25.8. The third-order valence-corrected chi connectivity index (χ3v) is 2.97. The summed E-state index contributed by atoms with van der Waals surface area (Å²) in [4.78, 5) is 3.90. The quantitative estimate of drug-likeness (QED) is 0.805. The summed E-state index contributed by atoms with van der Waals surface area (Å²) in [5, 5.41) is 3.19. The minimum absolute atomic E-state index is 0.315. The SMILES string of the molecule is CSCCC(C)NCc1nccn1C(F)F. The van der Waals surface area contributed by atoms with Crippen LogP contribution in [-0.2, 0) is 6.54 Å². The number of nitrogens with one attached hydrogen (secondary N) is 1. The molecule has 1 N–H and O–H groups in total. The molecule has 16 heavy (non-hydrogen) atoms. The maximum Gasteiger partial charge on any atom is 0.319 e. The van der Waals surface area contributed by atoms with Gasteiger partial charge in [0.15, 0.2) is 0 Å². The van der Waals surface area contributed by atoms with Crippen molar-refractivity contribution < 1.29 is 8.78 Å². The van der Waals surface area contributed by atoms with Crippen molar-refractivity contribution in [1.82, 2.24) is 14.9 Å². The minimum atomic E-state index is -2.51. The Hall–Kier alpha value is -0.620. The lowest BCUT2D eigenvalue weighted by Gasteiger charge is -2.13. The van der Waals surface area contributed by atoms with Gasteiger partial charge in [-0.15, -0.1) is 0 Å². The molecular formula is C10H17F2N3S. The molecule has 92 valence electrons. The molecule has 1 aromatic rings. The third-order valence-electron chi connectivity index (χ3n) is 2.32. The molecule has 1 heterocycles. The normalized spacial score (nSPS) is 13.3. The van der Waals surface area contributed by atoms with Crippen LogP contribution in [-0.4, -0.2) is 27.6 Å². The molecule has 0 aliphatic heterocycles. The molecule has 1 rings (SSSR count). The maximum absolute atomic E-state index is 12.5. The Kier molecular flexibility index (Phi) is 5.76. The van der Waals surface area contributed by atoms with Gasteiger partial charge >= 0.3 is 6.55 Å². The first-order chi connectivity index (χ1) is 7.65. The molecule has 0 aliphatic carbocycles. The van der Waals surface area contributed by atoms with Gasteiger partial charge in [0.2, 0.25) is 0 Å². The maximum atomic E-state index is 12.5. The van der Waals surface area contributed by atoms with Gasteiger partial charge in [0, 0.05) is 18.4 Å². The van der Waals surface area contributed by atoms with E-state index in [1.165, 1.54) is 12.4 Å². The fourth-order valence-electron chi connectivity index (χ4n) is 1.32. The summed E-state index contributed by atoms with van der Waals surface area (Å²) in [5.74, 6) is 1.45. The van der Waals surface area contributed by atoms with Gasteiger partial charge in [-0.25, -0.2) is 4.98 Å². The van der Waals surface area contributed by atoms with E-state index in [2.05, 4.69) is 16.6 Å². The van der Waals surface area contributed by atoms with Crippen LogP contribution in [0.5, 0.6) is 0 Å². The molecule has 1 atom stereocenters. The number of halogens is 2. The van der Waals surface area contributed by atoms with Gasteiger partial charge in [0.05, 0.1) is 6.54 Å². The third kappa shape index (κ3) is 4.09. The summed E-state index contributed by atoms with van der Waals surface area (Å²) in [7, 11) is 0. The number of alkyl halides is 2. The fourth-order valence-corrected chi connectivity index (χ4v) is 1.91. The smallest absolute Gasteiger partial charge is 0.307 e. The Morgan fingerprint density at radius 2 is 2.31 bits per heavy atom. The number of aromatic nitrogens is 2. The lowest BCUT2D eigenvalue weighted by molar-refractivity contribution is 0.0665. The molecule has 0 saturated carbocycles. The molecule has 0 fully saturated rings. The Labute approximate surface area is 98.6 Å². The van der Waals surface area contributed by atoms with E-state index in [1.807, 2.05) is 6.92 Å². The van der Waals surface area contributed by atoms with Gasteiger partial charge in [-0.05, 0) is 25.4 Å². The second-order valence-electron chi connectivity index (χ2n) is 3.59. The van der Waals surface area contributed by atoms with E-state index in [-0.39, 0.29) is 0 Å². The first-order valence-electron chi connectivity index (χ1n) is 5.17. The van der Waals surface area contributed by atoms with E-state index in [1.54, 1.807) is 11.8 Å². The van der Waals surface area contributed by atoms with E-state index in [0.717, 1.165) is 16.7 Å². The molecule has 0 saturated heterocycles. The molecule has 0 bridgehead atoms. The van der Waals surface area contributed by atoms with E-state index in [0.29, 0.717) is 18.4 Å². The second-order valence-corrected chi connectivity index (χ2v) is 4.58. The highest BCUT2D eigenvalue weighted by Gasteiger charge is 2.11. The first-order valence-corrected chi connectivity index (χ1v) is 6.56. The average molecular weight is 249 g/mol. The van der Waals surface area contributed by atoms with Crippen molar-refractivity contribution >= 4 is 11.8 Å². The van der Waals surface area contributed by atoms with Crippen molar-refractivity contribution in [3.63, 3.8) is 0 Å². The summed E-state index contributed by atoms with van der Waals surface area (Å²) >= 11 is 1.78. The van der Waals surface area contributed by atoms with Crippen LogP contribution >= 0.6 is 11.8 Å². The van der Waals surface area contributed by atoms with Crippen LogP contribution in [0, 0.1) is 0 Å². The molecule has 1 aromatic heterocycles. The number of hydrogen-bond donors (Lipinski definition) is 1.